The Balaban J connectivity index is 1.71. The van der Waals surface area contributed by atoms with Gasteiger partial charge in [0.1, 0.15) is 5.78 Å². The number of rotatable bonds is 0. The van der Waals surface area contributed by atoms with Crippen molar-refractivity contribution >= 4 is 17.3 Å². The minimum Gasteiger partial charge on any atom is -0.310 e. The third-order valence-corrected chi connectivity index (χ3v) is 8.02. The van der Waals surface area contributed by atoms with Crippen molar-refractivity contribution in [1.82, 2.24) is 0 Å². The molecule has 3 nitrogen and oxygen atoms in total. The van der Waals surface area contributed by atoms with Crippen LogP contribution in [-0.4, -0.2) is 23.4 Å². The van der Waals surface area contributed by atoms with Gasteiger partial charge in [-0.1, -0.05) is 13.8 Å². The number of carbonyl (C=O) groups excluding carboxylic acids is 2. The number of ketones is 2. The predicted octanol–water partition coefficient (Wildman–Crippen LogP) is 3.74. The molecule has 4 rings (SSSR count). The minimum absolute atomic E-state index is 0.0207. The predicted molar refractivity (Wildman–Crippen MR) is 85.1 cm³/mol. The van der Waals surface area contributed by atoms with Gasteiger partial charge in [0, 0.05) is 23.5 Å². The SMILES string of the molecule is C[C@]12CCC(=N)CC1C(=O)CC1C2CC[C@]2(C)C(=O)C(F)CC12. The second-order valence-corrected chi connectivity index (χ2v) is 8.94. The molecule has 0 bridgehead atoms. The molecular weight excluding hydrogens is 293 g/mol. The maximum absolute atomic E-state index is 14.1. The summed E-state index contributed by atoms with van der Waals surface area (Å²) in [4.78, 5) is 25.1. The number of halogens is 1. The van der Waals surface area contributed by atoms with E-state index in [9.17, 15) is 14.0 Å². The normalized spacial score (nSPS) is 52.8. The molecule has 0 aromatic heterocycles. The molecule has 0 aromatic carbocycles. The van der Waals surface area contributed by atoms with E-state index in [1.807, 2.05) is 6.92 Å². The molecule has 5 unspecified atom stereocenters. The van der Waals surface area contributed by atoms with Crippen LogP contribution < -0.4 is 0 Å². The van der Waals surface area contributed by atoms with E-state index in [0.717, 1.165) is 25.7 Å². The minimum atomic E-state index is -1.33. The van der Waals surface area contributed by atoms with Crippen LogP contribution in [0.1, 0.15) is 58.8 Å². The molecule has 7 atom stereocenters. The van der Waals surface area contributed by atoms with E-state index in [4.69, 9.17) is 5.41 Å². The summed E-state index contributed by atoms with van der Waals surface area (Å²) in [5.41, 5.74) is 0.106. The van der Waals surface area contributed by atoms with Crippen molar-refractivity contribution in [2.24, 2.45) is 34.5 Å². The third kappa shape index (κ3) is 1.90. The van der Waals surface area contributed by atoms with Crippen LogP contribution >= 0.6 is 0 Å². The van der Waals surface area contributed by atoms with Gasteiger partial charge in [0.25, 0.3) is 0 Å². The summed E-state index contributed by atoms with van der Waals surface area (Å²) >= 11 is 0. The van der Waals surface area contributed by atoms with E-state index in [-0.39, 0.29) is 34.7 Å². The number of carbonyl (C=O) groups is 2. The van der Waals surface area contributed by atoms with Crippen molar-refractivity contribution in [3.05, 3.63) is 0 Å². The van der Waals surface area contributed by atoms with Crippen molar-refractivity contribution in [2.75, 3.05) is 0 Å². The summed E-state index contributed by atoms with van der Waals surface area (Å²) in [6.45, 7) is 4.16. The highest BCUT2D eigenvalue weighted by molar-refractivity contribution is 5.93. The topological polar surface area (TPSA) is 58.0 Å². The molecule has 4 saturated carbocycles. The molecule has 0 saturated heterocycles. The lowest BCUT2D eigenvalue weighted by atomic mass is 9.45. The quantitative estimate of drug-likeness (QED) is 0.739. The number of Topliss-reactive ketones (excluding diaryl/α,β-unsaturated/α-hetero) is 2. The van der Waals surface area contributed by atoms with Crippen molar-refractivity contribution in [3.8, 4) is 0 Å². The lowest BCUT2D eigenvalue weighted by Crippen LogP contribution is -2.56. The number of fused-ring (bicyclic) bond motifs is 5. The maximum Gasteiger partial charge on any atom is 0.173 e. The molecule has 23 heavy (non-hydrogen) atoms. The van der Waals surface area contributed by atoms with Gasteiger partial charge >= 0.3 is 0 Å². The van der Waals surface area contributed by atoms with E-state index in [0.29, 0.717) is 30.9 Å². The van der Waals surface area contributed by atoms with Gasteiger partial charge in [-0.3, -0.25) is 9.59 Å². The Morgan fingerprint density at radius 1 is 1.13 bits per heavy atom. The number of alkyl halides is 1. The first-order chi connectivity index (χ1) is 10.8. The highest BCUT2D eigenvalue weighted by Crippen LogP contribution is 2.64. The van der Waals surface area contributed by atoms with Crippen molar-refractivity contribution < 1.29 is 14.0 Å². The zero-order valence-corrected chi connectivity index (χ0v) is 14.0. The Kier molecular flexibility index (Phi) is 3.18. The lowest BCUT2D eigenvalue weighted by Gasteiger charge is -2.58. The fraction of sp³-hybridized carbons (Fsp3) is 0.842. The number of hydrogen-bond donors (Lipinski definition) is 1. The Hall–Kier alpha value is -1.06. The second-order valence-electron chi connectivity index (χ2n) is 8.94. The first-order valence-corrected chi connectivity index (χ1v) is 9.05. The van der Waals surface area contributed by atoms with Crippen LogP contribution in [-0.2, 0) is 9.59 Å². The molecule has 0 aromatic rings. The van der Waals surface area contributed by atoms with Gasteiger partial charge in [0.2, 0.25) is 0 Å². The third-order valence-electron chi connectivity index (χ3n) is 8.02. The van der Waals surface area contributed by atoms with E-state index >= 15 is 0 Å². The van der Waals surface area contributed by atoms with Gasteiger partial charge < -0.3 is 5.41 Å². The summed E-state index contributed by atoms with van der Waals surface area (Å²) in [6.07, 6.45) is 3.50. The molecule has 0 spiro atoms. The zero-order chi connectivity index (χ0) is 16.6. The number of nitrogens with one attached hydrogen (secondary N) is 1. The van der Waals surface area contributed by atoms with Crippen LogP contribution in [0.15, 0.2) is 0 Å². The van der Waals surface area contributed by atoms with E-state index in [1.165, 1.54) is 0 Å². The Morgan fingerprint density at radius 3 is 2.61 bits per heavy atom. The monoisotopic (exact) mass is 319 g/mol. The van der Waals surface area contributed by atoms with Gasteiger partial charge in [-0.2, -0.15) is 0 Å². The summed E-state index contributed by atoms with van der Waals surface area (Å²) < 4.78 is 14.1. The van der Waals surface area contributed by atoms with Crippen molar-refractivity contribution in [1.29, 1.82) is 5.41 Å². The molecular formula is C19H26FNO2. The average Bonchev–Trinajstić information content (AvgIpc) is 2.73. The number of hydrogen-bond acceptors (Lipinski definition) is 3. The summed E-state index contributed by atoms with van der Waals surface area (Å²) in [5, 5.41) is 7.98. The van der Waals surface area contributed by atoms with E-state index in [1.54, 1.807) is 0 Å². The molecule has 4 fully saturated rings. The zero-order valence-electron chi connectivity index (χ0n) is 14.0. The standard InChI is InChI=1S/C19H26FNO2/c1-18-5-3-10(21)7-14(18)16(22)8-11-12(18)4-6-19(2)13(11)9-15(20)17(19)23/h11-15,21H,3-9H2,1-2H3/t11?,12?,13?,14?,15?,18-,19+/m1/s1. The Morgan fingerprint density at radius 2 is 1.87 bits per heavy atom. The fourth-order valence-electron chi connectivity index (χ4n) is 6.62. The van der Waals surface area contributed by atoms with Crippen LogP contribution in [0.25, 0.3) is 0 Å². The van der Waals surface area contributed by atoms with Crippen molar-refractivity contribution in [2.45, 2.75) is 65.0 Å². The highest BCUT2D eigenvalue weighted by Gasteiger charge is 2.64. The van der Waals surface area contributed by atoms with Gasteiger partial charge in [0.15, 0.2) is 12.0 Å². The smallest absolute Gasteiger partial charge is 0.173 e. The van der Waals surface area contributed by atoms with Gasteiger partial charge in [-0.05, 0) is 61.7 Å². The Bertz CT molecular complexity index is 602. The molecule has 0 radical (unpaired) electrons. The summed E-state index contributed by atoms with van der Waals surface area (Å²) in [5.74, 6) is 0.636. The van der Waals surface area contributed by atoms with Crippen molar-refractivity contribution in [3.63, 3.8) is 0 Å². The second kappa shape index (κ2) is 4.73. The van der Waals surface area contributed by atoms with Gasteiger partial charge in [-0.25, -0.2) is 4.39 Å². The fourth-order valence-corrected chi connectivity index (χ4v) is 6.62. The van der Waals surface area contributed by atoms with Gasteiger partial charge in [0.05, 0.1) is 0 Å². The van der Waals surface area contributed by atoms with E-state index < -0.39 is 11.6 Å². The van der Waals surface area contributed by atoms with Crippen LogP contribution in [0, 0.1) is 39.9 Å². The van der Waals surface area contributed by atoms with Crippen LogP contribution in [0.4, 0.5) is 4.39 Å². The first kappa shape index (κ1) is 15.5. The molecule has 1 N–H and O–H groups in total. The molecule has 4 aliphatic carbocycles. The van der Waals surface area contributed by atoms with Crippen LogP contribution in [0.5, 0.6) is 0 Å². The average molecular weight is 319 g/mol. The summed E-state index contributed by atoms with van der Waals surface area (Å²) in [6, 6.07) is 0. The Labute approximate surface area is 136 Å². The largest absolute Gasteiger partial charge is 0.310 e. The lowest BCUT2D eigenvalue weighted by molar-refractivity contribution is -0.152. The van der Waals surface area contributed by atoms with Gasteiger partial charge in [-0.15, -0.1) is 0 Å². The molecule has 0 aliphatic heterocycles. The van der Waals surface area contributed by atoms with Crippen LogP contribution in [0.3, 0.4) is 0 Å². The highest BCUT2D eigenvalue weighted by atomic mass is 19.1. The van der Waals surface area contributed by atoms with Crippen LogP contribution in [0.2, 0.25) is 0 Å². The summed E-state index contributed by atoms with van der Waals surface area (Å²) in [7, 11) is 0. The van der Waals surface area contributed by atoms with E-state index in [2.05, 4.69) is 6.92 Å². The molecule has 0 amide bonds. The molecule has 126 valence electrons. The molecule has 4 heteroatoms. The molecule has 0 heterocycles. The molecule has 4 aliphatic rings. The first-order valence-electron chi connectivity index (χ1n) is 9.05. The maximum atomic E-state index is 14.1.